The largest absolute Gasteiger partial charge is 0.395 e. The number of amides is 2. The quantitative estimate of drug-likeness (QED) is 0.642. The Hall–Kier alpha value is -1.84. The van der Waals surface area contributed by atoms with E-state index in [9.17, 15) is 9.59 Å². The van der Waals surface area contributed by atoms with Gasteiger partial charge in [0, 0.05) is 6.42 Å². The molecule has 0 aromatic carbocycles. The Morgan fingerprint density at radius 1 is 1.47 bits per heavy atom. The molecule has 0 saturated carbocycles. The molecular weight excluding hydrogens is 240 g/mol. The molecule has 0 radical (unpaired) electrons. The molecular formula is C11H12N2O3S. The summed E-state index contributed by atoms with van der Waals surface area (Å²) in [4.78, 5) is 23.2. The fourth-order valence-electron chi connectivity index (χ4n) is 0.987. The average Bonchev–Trinajstić information content (AvgIpc) is 2.75. The van der Waals surface area contributed by atoms with Gasteiger partial charge in [-0.2, -0.15) is 0 Å². The van der Waals surface area contributed by atoms with Gasteiger partial charge in [-0.1, -0.05) is 11.8 Å². The number of rotatable bonds is 4. The fraction of sp³-hybridized carbons (Fsp3) is 0.273. The van der Waals surface area contributed by atoms with Crippen LogP contribution in [-0.2, 0) is 4.79 Å². The van der Waals surface area contributed by atoms with Crippen LogP contribution >= 0.6 is 11.3 Å². The molecule has 0 aliphatic heterocycles. The van der Waals surface area contributed by atoms with E-state index in [-0.39, 0.29) is 19.1 Å². The van der Waals surface area contributed by atoms with Gasteiger partial charge in [0.05, 0.1) is 22.9 Å². The standard InChI is InChI=1S/C11H12N2O3S/c12-10(15)7-13-11(16)9-5-4-8(17-9)3-1-2-6-14/h4-5,14H,2,6-7H2,(H2,12,15)(H,13,16). The van der Waals surface area contributed by atoms with Crippen molar-refractivity contribution in [2.45, 2.75) is 6.42 Å². The van der Waals surface area contributed by atoms with Gasteiger partial charge < -0.3 is 16.2 Å². The number of carbonyl (C=O) groups excluding carboxylic acids is 2. The molecule has 0 aliphatic rings. The highest BCUT2D eigenvalue weighted by Crippen LogP contribution is 2.15. The third-order valence-corrected chi connectivity index (χ3v) is 2.70. The lowest BCUT2D eigenvalue weighted by Gasteiger charge is -1.98. The van der Waals surface area contributed by atoms with Crippen molar-refractivity contribution in [3.63, 3.8) is 0 Å². The van der Waals surface area contributed by atoms with Gasteiger partial charge in [0.15, 0.2) is 0 Å². The molecule has 0 atom stereocenters. The van der Waals surface area contributed by atoms with Gasteiger partial charge in [0.25, 0.3) is 5.91 Å². The van der Waals surface area contributed by atoms with E-state index in [0.29, 0.717) is 11.3 Å². The maximum Gasteiger partial charge on any atom is 0.261 e. The second kappa shape index (κ2) is 6.68. The van der Waals surface area contributed by atoms with Crippen molar-refractivity contribution in [1.82, 2.24) is 5.32 Å². The molecule has 0 spiro atoms. The molecule has 2 amide bonds. The summed E-state index contributed by atoms with van der Waals surface area (Å²) in [7, 11) is 0. The predicted molar refractivity (Wildman–Crippen MR) is 64.4 cm³/mol. The molecule has 0 saturated heterocycles. The first-order valence-corrected chi connectivity index (χ1v) is 5.71. The smallest absolute Gasteiger partial charge is 0.261 e. The van der Waals surface area contributed by atoms with E-state index in [2.05, 4.69) is 17.2 Å². The molecule has 90 valence electrons. The number of aliphatic hydroxyl groups is 1. The maximum atomic E-state index is 11.5. The van der Waals surface area contributed by atoms with E-state index < -0.39 is 5.91 Å². The molecule has 17 heavy (non-hydrogen) atoms. The van der Waals surface area contributed by atoms with Gasteiger partial charge in [0.1, 0.15) is 0 Å². The third kappa shape index (κ3) is 4.68. The van der Waals surface area contributed by atoms with E-state index in [1.54, 1.807) is 12.1 Å². The van der Waals surface area contributed by atoms with Crippen molar-refractivity contribution in [3.8, 4) is 11.8 Å². The SMILES string of the molecule is NC(=O)CNC(=O)c1ccc(C#CCCO)s1. The number of nitrogens with one attached hydrogen (secondary N) is 1. The minimum Gasteiger partial charge on any atom is -0.395 e. The van der Waals surface area contributed by atoms with Gasteiger partial charge in [-0.05, 0) is 12.1 Å². The van der Waals surface area contributed by atoms with E-state index >= 15 is 0 Å². The highest BCUT2D eigenvalue weighted by Gasteiger charge is 2.08. The Morgan fingerprint density at radius 2 is 2.24 bits per heavy atom. The lowest BCUT2D eigenvalue weighted by atomic mass is 10.4. The molecule has 4 N–H and O–H groups in total. The summed E-state index contributed by atoms with van der Waals surface area (Å²) in [6, 6.07) is 3.35. The summed E-state index contributed by atoms with van der Waals surface area (Å²) in [6.07, 6.45) is 0.404. The van der Waals surface area contributed by atoms with Crippen LogP contribution < -0.4 is 11.1 Å². The molecule has 0 bridgehead atoms. The first kappa shape index (κ1) is 13.2. The second-order valence-electron chi connectivity index (χ2n) is 3.09. The highest BCUT2D eigenvalue weighted by atomic mass is 32.1. The fourth-order valence-corrected chi connectivity index (χ4v) is 1.78. The first-order chi connectivity index (χ1) is 8.13. The molecule has 1 heterocycles. The molecule has 1 aromatic heterocycles. The third-order valence-electron chi connectivity index (χ3n) is 1.70. The van der Waals surface area contributed by atoms with E-state index in [0.717, 1.165) is 4.88 Å². The average molecular weight is 252 g/mol. The Labute approximate surface area is 103 Å². The van der Waals surface area contributed by atoms with Crippen LogP contribution in [0.1, 0.15) is 21.0 Å². The Balaban J connectivity index is 2.59. The van der Waals surface area contributed by atoms with Crippen LogP contribution in [0.2, 0.25) is 0 Å². The zero-order valence-corrected chi connectivity index (χ0v) is 9.84. The van der Waals surface area contributed by atoms with Crippen molar-refractivity contribution in [2.75, 3.05) is 13.2 Å². The lowest BCUT2D eigenvalue weighted by Crippen LogP contribution is -2.32. The molecule has 0 aliphatic carbocycles. The minimum absolute atomic E-state index is 0.0182. The van der Waals surface area contributed by atoms with E-state index in [1.165, 1.54) is 11.3 Å². The number of primary amides is 1. The van der Waals surface area contributed by atoms with Gasteiger partial charge in [-0.25, -0.2) is 0 Å². The van der Waals surface area contributed by atoms with Gasteiger partial charge in [-0.3, -0.25) is 9.59 Å². The molecule has 0 unspecified atom stereocenters. The number of hydrogen-bond acceptors (Lipinski definition) is 4. The number of hydrogen-bond donors (Lipinski definition) is 3. The normalized spacial score (nSPS) is 9.24. The predicted octanol–water partition coefficient (Wildman–Crippen LogP) is -0.303. The topological polar surface area (TPSA) is 92.4 Å². The number of carbonyl (C=O) groups is 2. The molecule has 1 rings (SSSR count). The summed E-state index contributed by atoms with van der Waals surface area (Å²) in [5.41, 5.74) is 4.91. The summed E-state index contributed by atoms with van der Waals surface area (Å²) in [5.74, 6) is 4.65. The number of nitrogens with two attached hydrogens (primary N) is 1. The number of thiophene rings is 1. The zero-order valence-electron chi connectivity index (χ0n) is 9.03. The van der Waals surface area contributed by atoms with Crippen LogP contribution in [0.25, 0.3) is 0 Å². The van der Waals surface area contributed by atoms with Crippen molar-refractivity contribution in [1.29, 1.82) is 0 Å². The highest BCUT2D eigenvalue weighted by molar-refractivity contribution is 7.14. The lowest BCUT2D eigenvalue weighted by molar-refractivity contribution is -0.117. The summed E-state index contributed by atoms with van der Waals surface area (Å²) in [6.45, 7) is -0.160. The van der Waals surface area contributed by atoms with Crippen LogP contribution in [-0.4, -0.2) is 30.1 Å². The Kier molecular flexibility index (Phi) is 5.20. The van der Waals surface area contributed by atoms with Crippen LogP contribution in [0.5, 0.6) is 0 Å². The van der Waals surface area contributed by atoms with Crippen LogP contribution in [0, 0.1) is 11.8 Å². The van der Waals surface area contributed by atoms with E-state index in [4.69, 9.17) is 10.8 Å². The zero-order chi connectivity index (χ0) is 12.7. The maximum absolute atomic E-state index is 11.5. The van der Waals surface area contributed by atoms with Crippen LogP contribution in [0.3, 0.4) is 0 Å². The summed E-state index contributed by atoms with van der Waals surface area (Å²) < 4.78 is 0. The minimum atomic E-state index is -0.585. The Bertz CT molecular complexity index is 471. The monoisotopic (exact) mass is 252 g/mol. The van der Waals surface area contributed by atoms with Crippen LogP contribution in [0.15, 0.2) is 12.1 Å². The molecule has 1 aromatic rings. The van der Waals surface area contributed by atoms with Crippen LogP contribution in [0.4, 0.5) is 0 Å². The molecule has 0 fully saturated rings. The summed E-state index contributed by atoms with van der Waals surface area (Å²) >= 11 is 1.22. The van der Waals surface area contributed by atoms with E-state index in [1.807, 2.05) is 0 Å². The molecule has 6 heteroatoms. The van der Waals surface area contributed by atoms with Gasteiger partial charge in [0.2, 0.25) is 5.91 Å². The first-order valence-electron chi connectivity index (χ1n) is 4.89. The van der Waals surface area contributed by atoms with Crippen molar-refractivity contribution in [3.05, 3.63) is 21.9 Å². The summed E-state index contributed by atoms with van der Waals surface area (Å²) in [5, 5.41) is 10.9. The van der Waals surface area contributed by atoms with Gasteiger partial charge in [-0.15, -0.1) is 11.3 Å². The van der Waals surface area contributed by atoms with Crippen molar-refractivity contribution >= 4 is 23.2 Å². The van der Waals surface area contributed by atoms with Crippen molar-refractivity contribution < 1.29 is 14.7 Å². The van der Waals surface area contributed by atoms with Crippen molar-refractivity contribution in [2.24, 2.45) is 5.73 Å². The second-order valence-corrected chi connectivity index (χ2v) is 4.17. The Morgan fingerprint density at radius 3 is 2.88 bits per heavy atom. The molecule has 5 nitrogen and oxygen atoms in total. The number of aliphatic hydroxyl groups excluding tert-OH is 1. The van der Waals surface area contributed by atoms with Gasteiger partial charge >= 0.3 is 0 Å².